The first kappa shape index (κ1) is 26.1. The van der Waals surface area contributed by atoms with Crippen LogP contribution in [0, 0.1) is 0 Å². The van der Waals surface area contributed by atoms with Crippen molar-refractivity contribution in [3.63, 3.8) is 0 Å². The molecule has 0 bridgehead atoms. The summed E-state index contributed by atoms with van der Waals surface area (Å²) in [5.41, 5.74) is 5.38. The van der Waals surface area contributed by atoms with E-state index >= 15 is 0 Å². The van der Waals surface area contributed by atoms with E-state index in [0.29, 0.717) is 16.9 Å². The lowest BCUT2D eigenvalue weighted by Gasteiger charge is -2.29. The Morgan fingerprint density at radius 3 is 2.54 bits per heavy atom. The van der Waals surface area contributed by atoms with Gasteiger partial charge in [-0.25, -0.2) is 20.0 Å². The van der Waals surface area contributed by atoms with Crippen LogP contribution in [0.3, 0.4) is 0 Å². The maximum absolute atomic E-state index is 13.7. The number of benzene rings is 1. The lowest BCUT2D eigenvalue weighted by molar-refractivity contribution is -0.142. The average molecular weight is 505 g/mol. The predicted molar refractivity (Wildman–Crippen MR) is 128 cm³/mol. The zero-order valence-electron chi connectivity index (χ0n) is 19.8. The summed E-state index contributed by atoms with van der Waals surface area (Å²) < 4.78 is 26.3. The van der Waals surface area contributed by atoms with E-state index in [-0.39, 0.29) is 17.9 Å². The number of carbonyl (C=O) groups is 2. The van der Waals surface area contributed by atoms with Crippen LogP contribution in [0.1, 0.15) is 31.1 Å². The predicted octanol–water partition coefficient (Wildman–Crippen LogP) is 1.86. The number of aliphatic carboxylic acids is 1. The number of amides is 1. The van der Waals surface area contributed by atoms with Gasteiger partial charge in [-0.1, -0.05) is 0 Å². The van der Waals surface area contributed by atoms with Crippen molar-refractivity contribution >= 4 is 36.3 Å². The normalized spacial score (nSPS) is 14.3. The number of nitrogen functional groups attached to an aromatic ring is 1. The van der Waals surface area contributed by atoms with Crippen LogP contribution in [-0.4, -0.2) is 61.6 Å². The number of hydrogen-bond acceptors (Lipinski definition) is 9. The van der Waals surface area contributed by atoms with Crippen molar-refractivity contribution in [1.82, 2.24) is 29.7 Å². The second kappa shape index (κ2) is 10.4. The van der Waals surface area contributed by atoms with Gasteiger partial charge in [-0.15, -0.1) is 0 Å². The molecule has 13 nitrogen and oxygen atoms in total. The molecule has 0 aliphatic carbocycles. The van der Waals surface area contributed by atoms with Gasteiger partial charge in [0.2, 0.25) is 0 Å². The van der Waals surface area contributed by atoms with Gasteiger partial charge in [-0.3, -0.25) is 19.2 Å². The van der Waals surface area contributed by atoms with E-state index in [1.807, 2.05) is 0 Å². The van der Waals surface area contributed by atoms with Crippen molar-refractivity contribution in [1.29, 1.82) is 0 Å². The highest BCUT2D eigenvalue weighted by Crippen LogP contribution is 2.40. The standard InChI is InChI=1S/C21H28N7O6P/c1-13(9-28-11-25-16-17(22)23-10-24-18(16)28)34-12-35(32,27-21(2,3)20(30)31)26-19(29)14-5-7-15(33-4)8-6-14/h5-8,10-11,13H,9,12H2,1-4H3,(H,30,31)(H2,22,23,24)(H2,26,27,29,32)/t13-,35-/m1/s1. The highest BCUT2D eigenvalue weighted by Gasteiger charge is 2.37. The molecule has 1 aromatic carbocycles. The molecule has 0 saturated heterocycles. The first-order valence-corrected chi connectivity index (χ1v) is 12.4. The smallest absolute Gasteiger partial charge is 0.323 e. The molecule has 0 aliphatic heterocycles. The Hall–Kier alpha value is -3.54. The summed E-state index contributed by atoms with van der Waals surface area (Å²) in [6.45, 7) is 4.69. The molecular weight excluding hydrogens is 477 g/mol. The van der Waals surface area contributed by atoms with Crippen LogP contribution in [-0.2, 0) is 20.6 Å². The monoisotopic (exact) mass is 505 g/mol. The number of carboxylic acids is 1. The number of rotatable bonds is 11. The molecule has 0 aliphatic rings. The molecule has 1 amide bonds. The third-order valence-corrected chi connectivity index (χ3v) is 7.05. The Morgan fingerprint density at radius 1 is 1.23 bits per heavy atom. The largest absolute Gasteiger partial charge is 0.497 e. The van der Waals surface area contributed by atoms with Crippen LogP contribution >= 0.6 is 7.44 Å². The van der Waals surface area contributed by atoms with Crippen LogP contribution < -0.4 is 20.6 Å². The van der Waals surface area contributed by atoms with Gasteiger partial charge in [0.25, 0.3) is 13.4 Å². The number of imidazole rings is 1. The fourth-order valence-corrected chi connectivity index (χ4v) is 5.26. The maximum Gasteiger partial charge on any atom is 0.323 e. The molecule has 35 heavy (non-hydrogen) atoms. The molecule has 2 aromatic heterocycles. The Bertz CT molecular complexity index is 1260. The van der Waals surface area contributed by atoms with Crippen molar-refractivity contribution < 1.29 is 28.7 Å². The van der Waals surface area contributed by atoms with Crippen molar-refractivity contribution in [3.8, 4) is 5.75 Å². The second-order valence-corrected chi connectivity index (χ2v) is 10.6. The maximum atomic E-state index is 13.7. The van der Waals surface area contributed by atoms with Crippen molar-refractivity contribution in [2.75, 3.05) is 19.2 Å². The SMILES string of the molecule is COc1ccc(C(=O)N[P@](=O)(CO[C@H](C)Cn2cnc3c(N)ncnc32)NC(C)(C)C(=O)O)cc1. The number of nitrogens with one attached hydrogen (secondary N) is 2. The number of fused-ring (bicyclic) bond motifs is 1. The Morgan fingerprint density at radius 2 is 1.91 bits per heavy atom. The molecule has 0 unspecified atom stereocenters. The summed E-state index contributed by atoms with van der Waals surface area (Å²) in [6.07, 6.45) is 1.88. The summed E-state index contributed by atoms with van der Waals surface area (Å²) in [4.78, 5) is 36.7. The third kappa shape index (κ3) is 6.32. The molecule has 3 aromatic rings. The minimum Gasteiger partial charge on any atom is -0.497 e. The van der Waals surface area contributed by atoms with Gasteiger partial charge in [0, 0.05) is 5.56 Å². The summed E-state index contributed by atoms with van der Waals surface area (Å²) >= 11 is 0. The minimum atomic E-state index is -3.89. The van der Waals surface area contributed by atoms with Crippen LogP contribution in [0.4, 0.5) is 5.82 Å². The quantitative estimate of drug-likeness (QED) is 0.279. The van der Waals surface area contributed by atoms with Crippen LogP contribution in [0.2, 0.25) is 0 Å². The van der Waals surface area contributed by atoms with E-state index < -0.39 is 37.3 Å². The van der Waals surface area contributed by atoms with E-state index in [4.69, 9.17) is 15.2 Å². The first-order valence-electron chi connectivity index (χ1n) is 10.6. The lowest BCUT2D eigenvalue weighted by atomic mass is 10.1. The van der Waals surface area contributed by atoms with E-state index in [9.17, 15) is 19.3 Å². The molecule has 2 atom stereocenters. The molecule has 0 spiro atoms. The molecular formula is C21H28N7O6P. The Labute approximate surface area is 201 Å². The fourth-order valence-electron chi connectivity index (χ4n) is 3.16. The molecule has 5 N–H and O–H groups in total. The average Bonchev–Trinajstić information content (AvgIpc) is 3.21. The Kier molecular flexibility index (Phi) is 7.73. The van der Waals surface area contributed by atoms with Crippen LogP contribution in [0.25, 0.3) is 11.2 Å². The van der Waals surface area contributed by atoms with E-state index in [0.717, 1.165) is 0 Å². The lowest BCUT2D eigenvalue weighted by Crippen LogP contribution is -2.48. The van der Waals surface area contributed by atoms with Gasteiger partial charge in [0.05, 0.1) is 26.1 Å². The van der Waals surface area contributed by atoms with Gasteiger partial charge >= 0.3 is 5.97 Å². The molecule has 14 heteroatoms. The van der Waals surface area contributed by atoms with Crippen molar-refractivity contribution in [3.05, 3.63) is 42.5 Å². The van der Waals surface area contributed by atoms with Crippen LogP contribution in [0.15, 0.2) is 36.9 Å². The second-order valence-electron chi connectivity index (χ2n) is 8.39. The zero-order valence-corrected chi connectivity index (χ0v) is 20.7. The molecule has 3 rings (SSSR count). The van der Waals surface area contributed by atoms with Crippen LogP contribution in [0.5, 0.6) is 5.75 Å². The van der Waals surface area contributed by atoms with E-state index in [2.05, 4.69) is 25.1 Å². The summed E-state index contributed by atoms with van der Waals surface area (Å²) in [5.74, 6) is -1.11. The summed E-state index contributed by atoms with van der Waals surface area (Å²) in [5, 5.41) is 14.5. The number of anilines is 1. The first-order chi connectivity index (χ1) is 16.4. The number of carbonyl (C=O) groups excluding carboxylic acids is 1. The minimum absolute atomic E-state index is 0.219. The zero-order chi connectivity index (χ0) is 25.8. The highest BCUT2D eigenvalue weighted by molar-refractivity contribution is 7.60. The molecule has 0 fully saturated rings. The highest BCUT2D eigenvalue weighted by atomic mass is 31.2. The molecule has 2 heterocycles. The number of nitrogens with two attached hydrogens (primary N) is 1. The number of hydrogen-bond donors (Lipinski definition) is 4. The number of methoxy groups -OCH3 is 1. The van der Waals surface area contributed by atoms with Gasteiger partial charge in [0.15, 0.2) is 11.5 Å². The van der Waals surface area contributed by atoms with Gasteiger partial charge in [-0.2, -0.15) is 0 Å². The number of aromatic nitrogens is 4. The Balaban J connectivity index is 1.75. The number of carboxylic acid groups (broad SMARTS) is 1. The van der Waals surface area contributed by atoms with Crippen molar-refractivity contribution in [2.45, 2.75) is 39.0 Å². The number of nitrogens with zero attached hydrogens (tertiary/aromatic N) is 4. The summed E-state index contributed by atoms with van der Waals surface area (Å²) in [6, 6.07) is 6.17. The molecule has 188 valence electrons. The topological polar surface area (TPSA) is 184 Å². The number of ether oxygens (including phenoxy) is 2. The molecule has 0 saturated carbocycles. The third-order valence-electron chi connectivity index (χ3n) is 5.05. The van der Waals surface area contributed by atoms with Gasteiger partial charge in [0.1, 0.15) is 29.5 Å². The van der Waals surface area contributed by atoms with Gasteiger partial charge in [-0.05, 0) is 45.0 Å². The van der Waals surface area contributed by atoms with Gasteiger partial charge < -0.3 is 24.9 Å². The molecule has 0 radical (unpaired) electrons. The summed E-state index contributed by atoms with van der Waals surface area (Å²) in [7, 11) is -2.40. The van der Waals surface area contributed by atoms with Crippen molar-refractivity contribution in [2.24, 2.45) is 0 Å². The van der Waals surface area contributed by atoms with E-state index in [1.54, 1.807) is 23.6 Å². The van der Waals surface area contributed by atoms with E-state index in [1.165, 1.54) is 45.7 Å². The fraction of sp³-hybridized carbons (Fsp3) is 0.381.